The molecule has 0 unspecified atom stereocenters. The second-order valence-electron chi connectivity index (χ2n) is 8.25. The normalized spacial score (nSPS) is 11.5. The lowest BCUT2D eigenvalue weighted by molar-refractivity contribution is 0.0245. The zero-order valence-corrected chi connectivity index (χ0v) is 22.3. The number of halogens is 1. The lowest BCUT2D eigenvalue weighted by Crippen LogP contribution is -2.37. The summed E-state index contributed by atoms with van der Waals surface area (Å²) in [5, 5.41) is 8.87. The Morgan fingerprint density at radius 2 is 1.73 bits per heavy atom. The van der Waals surface area contributed by atoms with Crippen LogP contribution >= 0.6 is 11.3 Å². The summed E-state index contributed by atoms with van der Waals surface area (Å²) in [4.78, 5) is 6.02. The van der Waals surface area contributed by atoms with E-state index in [1.54, 1.807) is 30.6 Å². The first-order valence-electron chi connectivity index (χ1n) is 12.4. The third-order valence-electron chi connectivity index (χ3n) is 5.27. The molecule has 0 saturated carbocycles. The minimum absolute atomic E-state index is 0.287. The van der Waals surface area contributed by atoms with Crippen LogP contribution in [0.5, 0.6) is 11.5 Å². The van der Waals surface area contributed by atoms with Crippen LogP contribution < -0.4 is 15.4 Å². The van der Waals surface area contributed by atoms with Gasteiger partial charge in [0.15, 0.2) is 5.96 Å². The summed E-state index contributed by atoms with van der Waals surface area (Å²) in [5.74, 6) is 1.80. The molecule has 0 aliphatic carbocycles. The molecule has 3 rings (SSSR count). The molecule has 0 saturated heterocycles. The number of thiophene rings is 1. The van der Waals surface area contributed by atoms with Crippen LogP contribution in [0.4, 0.5) is 4.39 Å². The van der Waals surface area contributed by atoms with Crippen molar-refractivity contribution in [1.82, 2.24) is 10.6 Å². The van der Waals surface area contributed by atoms with Crippen molar-refractivity contribution in [3.8, 4) is 11.5 Å². The molecule has 37 heavy (non-hydrogen) atoms. The van der Waals surface area contributed by atoms with E-state index in [1.165, 1.54) is 17.0 Å². The van der Waals surface area contributed by atoms with Gasteiger partial charge in [-0.1, -0.05) is 18.2 Å². The highest BCUT2D eigenvalue weighted by molar-refractivity contribution is 7.09. The smallest absolute Gasteiger partial charge is 0.191 e. The molecule has 0 spiro atoms. The zero-order chi connectivity index (χ0) is 26.1. The molecular weight excluding hydrogens is 493 g/mol. The molecular formula is C28H36FN3O4S. The van der Waals surface area contributed by atoms with Crippen molar-refractivity contribution in [2.45, 2.75) is 26.4 Å². The fraction of sp³-hybridized carbons (Fsp3) is 0.393. The highest BCUT2D eigenvalue weighted by atomic mass is 32.1. The van der Waals surface area contributed by atoms with Gasteiger partial charge in [0.1, 0.15) is 17.3 Å². The van der Waals surface area contributed by atoms with Crippen LogP contribution in [0.1, 0.15) is 22.4 Å². The van der Waals surface area contributed by atoms with Crippen LogP contribution in [0.25, 0.3) is 0 Å². The number of hydrogen-bond acceptors (Lipinski definition) is 6. The summed E-state index contributed by atoms with van der Waals surface area (Å²) in [6.45, 7) is 6.93. The van der Waals surface area contributed by atoms with Crippen LogP contribution in [0.15, 0.2) is 65.0 Å². The second-order valence-corrected chi connectivity index (χ2v) is 9.28. The highest BCUT2D eigenvalue weighted by Gasteiger charge is 2.05. The molecule has 0 atom stereocenters. The fourth-order valence-electron chi connectivity index (χ4n) is 3.33. The first-order valence-corrected chi connectivity index (χ1v) is 13.2. The molecule has 0 bridgehead atoms. The number of aryl methyl sites for hydroxylation is 1. The zero-order valence-electron chi connectivity index (χ0n) is 21.5. The summed E-state index contributed by atoms with van der Waals surface area (Å²) < 4.78 is 35.0. The maximum atomic E-state index is 13.1. The number of benzene rings is 2. The number of rotatable bonds is 16. The Morgan fingerprint density at radius 1 is 0.946 bits per heavy atom. The average molecular weight is 530 g/mol. The van der Waals surface area contributed by atoms with E-state index in [4.69, 9.17) is 23.9 Å². The minimum atomic E-state index is -0.287. The van der Waals surface area contributed by atoms with E-state index in [9.17, 15) is 4.39 Å². The van der Waals surface area contributed by atoms with Crippen LogP contribution in [0, 0.1) is 12.7 Å². The summed E-state index contributed by atoms with van der Waals surface area (Å²) in [5.41, 5.74) is 2.06. The molecule has 1 heterocycles. The van der Waals surface area contributed by atoms with E-state index in [2.05, 4.69) is 28.1 Å². The maximum Gasteiger partial charge on any atom is 0.191 e. The van der Waals surface area contributed by atoms with Crippen molar-refractivity contribution in [3.63, 3.8) is 0 Å². The summed E-state index contributed by atoms with van der Waals surface area (Å²) in [7, 11) is 1.66. The minimum Gasteiger partial charge on any atom is -0.457 e. The molecule has 9 heteroatoms. The van der Waals surface area contributed by atoms with Gasteiger partial charge in [0.25, 0.3) is 0 Å². The van der Waals surface area contributed by atoms with Gasteiger partial charge in [-0.15, -0.1) is 11.3 Å². The Balaban J connectivity index is 1.48. The van der Waals surface area contributed by atoms with E-state index in [-0.39, 0.29) is 5.82 Å². The van der Waals surface area contributed by atoms with E-state index < -0.39 is 0 Å². The van der Waals surface area contributed by atoms with Gasteiger partial charge in [0.2, 0.25) is 0 Å². The first kappa shape index (κ1) is 28.6. The van der Waals surface area contributed by atoms with Crippen molar-refractivity contribution in [3.05, 3.63) is 81.8 Å². The van der Waals surface area contributed by atoms with E-state index in [0.717, 1.165) is 35.8 Å². The van der Waals surface area contributed by atoms with E-state index >= 15 is 0 Å². The lowest BCUT2D eigenvalue weighted by atomic mass is 10.1. The Kier molecular flexibility index (Phi) is 12.9. The van der Waals surface area contributed by atoms with Crippen molar-refractivity contribution < 1.29 is 23.3 Å². The third-order valence-corrected chi connectivity index (χ3v) is 6.15. The number of nitrogens with zero attached hydrogens (tertiary/aromatic N) is 1. The topological polar surface area (TPSA) is 73.3 Å². The molecule has 1 aromatic heterocycles. The first-order chi connectivity index (χ1) is 18.1. The predicted molar refractivity (Wildman–Crippen MR) is 146 cm³/mol. The molecule has 0 amide bonds. The van der Waals surface area contributed by atoms with Gasteiger partial charge >= 0.3 is 0 Å². The summed E-state index contributed by atoms with van der Waals surface area (Å²) in [6.07, 6.45) is 0.853. The van der Waals surface area contributed by atoms with E-state index in [1.807, 2.05) is 25.1 Å². The van der Waals surface area contributed by atoms with Crippen molar-refractivity contribution in [1.29, 1.82) is 0 Å². The molecule has 0 fully saturated rings. The summed E-state index contributed by atoms with van der Waals surface area (Å²) in [6, 6.07) is 16.1. The number of hydrogen-bond donors (Lipinski definition) is 2. The summed E-state index contributed by atoms with van der Waals surface area (Å²) >= 11 is 1.71. The number of nitrogens with one attached hydrogen (secondary N) is 2. The van der Waals surface area contributed by atoms with Crippen LogP contribution in [0.2, 0.25) is 0 Å². The van der Waals surface area contributed by atoms with Gasteiger partial charge in [-0.25, -0.2) is 9.38 Å². The second kappa shape index (κ2) is 16.7. The van der Waals surface area contributed by atoms with Gasteiger partial charge in [-0.3, -0.25) is 0 Å². The average Bonchev–Trinajstić information content (AvgIpc) is 3.43. The van der Waals surface area contributed by atoms with Crippen molar-refractivity contribution in [2.75, 3.05) is 46.7 Å². The number of guanidine groups is 1. The van der Waals surface area contributed by atoms with Crippen LogP contribution in [0.3, 0.4) is 0 Å². The van der Waals surface area contributed by atoms with Crippen LogP contribution in [-0.2, 0) is 27.3 Å². The molecule has 200 valence electrons. The monoisotopic (exact) mass is 529 g/mol. The predicted octanol–water partition coefficient (Wildman–Crippen LogP) is 5.29. The molecule has 0 radical (unpaired) electrons. The van der Waals surface area contributed by atoms with Gasteiger partial charge in [0, 0.05) is 25.1 Å². The van der Waals surface area contributed by atoms with Gasteiger partial charge in [-0.05, 0) is 66.2 Å². The van der Waals surface area contributed by atoms with Gasteiger partial charge in [-0.2, -0.15) is 0 Å². The largest absolute Gasteiger partial charge is 0.457 e. The lowest BCUT2D eigenvalue weighted by Gasteiger charge is -2.13. The van der Waals surface area contributed by atoms with Crippen molar-refractivity contribution >= 4 is 17.3 Å². The molecule has 2 aromatic carbocycles. The van der Waals surface area contributed by atoms with Gasteiger partial charge < -0.3 is 29.6 Å². The van der Waals surface area contributed by atoms with E-state index in [0.29, 0.717) is 51.9 Å². The Labute approximate surface area is 222 Å². The van der Waals surface area contributed by atoms with Crippen molar-refractivity contribution in [2.24, 2.45) is 4.99 Å². The quantitative estimate of drug-likeness (QED) is 0.149. The Bertz CT molecular complexity index is 1060. The highest BCUT2D eigenvalue weighted by Crippen LogP contribution is 2.26. The SMILES string of the molecule is COCCOCCOCCCNC(=NCc1ccc(Oc2ccc(F)cc2)c(C)c1)NCc1cccs1. The Morgan fingerprint density at radius 3 is 2.46 bits per heavy atom. The standard InChI is InChI=1S/C28H36FN3O4S/c1-22-19-23(6-11-27(22)36-25-9-7-24(29)8-10-25)20-31-28(32-21-26-5-3-18-37-26)30-12-4-13-34-16-17-35-15-14-33-2/h3,5-11,18-19H,4,12-17,20-21H2,1-2H3,(H2,30,31,32). The molecule has 7 nitrogen and oxygen atoms in total. The molecule has 2 N–H and O–H groups in total. The number of ether oxygens (including phenoxy) is 4. The maximum absolute atomic E-state index is 13.1. The fourth-order valence-corrected chi connectivity index (χ4v) is 3.97. The third kappa shape index (κ3) is 11.3. The van der Waals surface area contributed by atoms with Crippen LogP contribution in [-0.4, -0.2) is 52.6 Å². The Hall–Kier alpha value is -2.98. The molecule has 0 aliphatic heterocycles. The molecule has 0 aliphatic rings. The number of methoxy groups -OCH3 is 1. The number of aliphatic imine (C=N–C) groups is 1. The molecule has 3 aromatic rings. The van der Waals surface area contributed by atoms with Gasteiger partial charge in [0.05, 0.1) is 39.5 Å².